The SMILES string of the molecule is CC/C=C\C/C=C\C/C=C\CCCCCC(=O)OC(COC(=O)CCCCCCCCCCCCCCCCCCCCCCCC)COP(=O)(O)OCC(O)CO. The summed E-state index contributed by atoms with van der Waals surface area (Å²) in [5, 5.41) is 18.3. The summed E-state index contributed by atoms with van der Waals surface area (Å²) >= 11 is 0. The Labute approximate surface area is 354 Å². The van der Waals surface area contributed by atoms with Crippen LogP contribution in [0.25, 0.3) is 0 Å². The van der Waals surface area contributed by atoms with Crippen molar-refractivity contribution in [3.05, 3.63) is 36.5 Å². The highest BCUT2D eigenvalue weighted by Crippen LogP contribution is 2.43. The summed E-state index contributed by atoms with van der Waals surface area (Å²) in [5.41, 5.74) is 0. The molecule has 0 radical (unpaired) electrons. The molecule has 0 aromatic rings. The molecule has 0 saturated heterocycles. The van der Waals surface area contributed by atoms with E-state index in [0.29, 0.717) is 12.8 Å². The van der Waals surface area contributed by atoms with Crippen molar-refractivity contribution in [1.29, 1.82) is 0 Å². The van der Waals surface area contributed by atoms with E-state index in [9.17, 15) is 24.2 Å². The first kappa shape index (κ1) is 56.2. The number of allylic oxidation sites excluding steroid dienone is 6. The van der Waals surface area contributed by atoms with Gasteiger partial charge in [-0.25, -0.2) is 4.57 Å². The Morgan fingerprint density at radius 2 is 0.948 bits per heavy atom. The van der Waals surface area contributed by atoms with Gasteiger partial charge in [0.25, 0.3) is 0 Å². The van der Waals surface area contributed by atoms with Crippen LogP contribution in [0.1, 0.15) is 213 Å². The number of ether oxygens (including phenoxy) is 2. The lowest BCUT2D eigenvalue weighted by atomic mass is 10.0. The van der Waals surface area contributed by atoms with Crippen molar-refractivity contribution >= 4 is 19.8 Å². The van der Waals surface area contributed by atoms with E-state index in [2.05, 4.69) is 54.8 Å². The smallest absolute Gasteiger partial charge is 0.462 e. The highest BCUT2D eigenvalue weighted by atomic mass is 31.2. The van der Waals surface area contributed by atoms with Crippen LogP contribution >= 0.6 is 7.82 Å². The average molecular weight is 843 g/mol. The molecule has 10 nitrogen and oxygen atoms in total. The van der Waals surface area contributed by atoms with Crippen LogP contribution in [0.4, 0.5) is 0 Å². The zero-order valence-corrected chi connectivity index (χ0v) is 37.9. The van der Waals surface area contributed by atoms with Gasteiger partial charge >= 0.3 is 19.8 Å². The van der Waals surface area contributed by atoms with Crippen molar-refractivity contribution < 1.29 is 47.8 Å². The molecule has 0 rings (SSSR count). The Kier molecular flexibility index (Phi) is 41.9. The molecule has 3 N–H and O–H groups in total. The third kappa shape index (κ3) is 42.3. The summed E-state index contributed by atoms with van der Waals surface area (Å²) < 4.78 is 32.7. The second kappa shape index (κ2) is 43.3. The first-order valence-corrected chi connectivity index (χ1v) is 24.9. The summed E-state index contributed by atoms with van der Waals surface area (Å²) in [6, 6.07) is 0. The largest absolute Gasteiger partial charge is 0.472 e. The van der Waals surface area contributed by atoms with Gasteiger partial charge in [0.05, 0.1) is 19.8 Å². The molecular weight excluding hydrogens is 755 g/mol. The Morgan fingerprint density at radius 3 is 1.43 bits per heavy atom. The lowest BCUT2D eigenvalue weighted by Crippen LogP contribution is -2.29. The zero-order valence-electron chi connectivity index (χ0n) is 37.0. The number of phosphoric acid groups is 1. The van der Waals surface area contributed by atoms with Gasteiger partial charge in [-0.15, -0.1) is 0 Å². The van der Waals surface area contributed by atoms with Crippen molar-refractivity contribution in [1.82, 2.24) is 0 Å². The van der Waals surface area contributed by atoms with Gasteiger partial charge in [0.2, 0.25) is 0 Å². The van der Waals surface area contributed by atoms with Gasteiger partial charge in [-0.1, -0.05) is 192 Å². The van der Waals surface area contributed by atoms with Crippen LogP contribution in [0.3, 0.4) is 0 Å². The van der Waals surface area contributed by atoms with Crippen LogP contribution in [-0.4, -0.2) is 65.7 Å². The first-order valence-electron chi connectivity index (χ1n) is 23.4. The normalized spacial score (nSPS) is 14.1. The van der Waals surface area contributed by atoms with E-state index in [4.69, 9.17) is 19.1 Å². The third-order valence-corrected chi connectivity index (χ3v) is 11.0. The topological polar surface area (TPSA) is 149 Å². The number of aliphatic hydroxyl groups is 2. The molecular formula is C47H87O10P. The number of aliphatic hydroxyl groups excluding tert-OH is 2. The fourth-order valence-electron chi connectivity index (χ4n) is 6.48. The van der Waals surface area contributed by atoms with E-state index in [1.165, 1.54) is 116 Å². The summed E-state index contributed by atoms with van der Waals surface area (Å²) in [4.78, 5) is 35.0. The van der Waals surface area contributed by atoms with E-state index in [1.54, 1.807) is 0 Å². The van der Waals surface area contributed by atoms with Crippen molar-refractivity contribution in [2.75, 3.05) is 26.4 Å². The van der Waals surface area contributed by atoms with E-state index in [0.717, 1.165) is 57.8 Å². The number of rotatable bonds is 44. The second-order valence-electron chi connectivity index (χ2n) is 15.8. The van der Waals surface area contributed by atoms with Crippen molar-refractivity contribution in [2.24, 2.45) is 0 Å². The highest BCUT2D eigenvalue weighted by Gasteiger charge is 2.27. The molecule has 3 unspecified atom stereocenters. The van der Waals surface area contributed by atoms with E-state index in [-0.39, 0.29) is 19.4 Å². The van der Waals surface area contributed by atoms with E-state index >= 15 is 0 Å². The number of unbranched alkanes of at least 4 members (excludes halogenated alkanes) is 24. The minimum Gasteiger partial charge on any atom is -0.462 e. The zero-order chi connectivity index (χ0) is 42.6. The van der Waals surface area contributed by atoms with Crippen LogP contribution in [0.15, 0.2) is 36.5 Å². The highest BCUT2D eigenvalue weighted by molar-refractivity contribution is 7.47. The Hall–Kier alpha value is -1.81. The van der Waals surface area contributed by atoms with Gasteiger partial charge in [-0.05, 0) is 44.9 Å². The number of phosphoric ester groups is 1. The molecule has 0 aliphatic heterocycles. The van der Waals surface area contributed by atoms with Gasteiger partial charge < -0.3 is 24.6 Å². The maximum absolute atomic E-state index is 12.6. The maximum Gasteiger partial charge on any atom is 0.472 e. The quantitative estimate of drug-likeness (QED) is 0.0234. The number of carbonyl (C=O) groups is 2. The molecule has 340 valence electrons. The molecule has 0 saturated carbocycles. The molecule has 0 aliphatic carbocycles. The van der Waals surface area contributed by atoms with Crippen molar-refractivity contribution in [3.8, 4) is 0 Å². The van der Waals surface area contributed by atoms with Gasteiger partial charge in [0.15, 0.2) is 6.10 Å². The second-order valence-corrected chi connectivity index (χ2v) is 17.2. The molecule has 58 heavy (non-hydrogen) atoms. The lowest BCUT2D eigenvalue weighted by molar-refractivity contribution is -0.161. The van der Waals surface area contributed by atoms with Gasteiger partial charge in [0.1, 0.15) is 12.7 Å². The maximum atomic E-state index is 12.6. The molecule has 0 aromatic carbocycles. The predicted octanol–water partition coefficient (Wildman–Crippen LogP) is 12.7. The fourth-order valence-corrected chi connectivity index (χ4v) is 7.27. The van der Waals surface area contributed by atoms with Gasteiger partial charge in [-0.2, -0.15) is 0 Å². The average Bonchev–Trinajstić information content (AvgIpc) is 3.21. The summed E-state index contributed by atoms with van der Waals surface area (Å²) in [5.74, 6) is -0.952. The summed E-state index contributed by atoms with van der Waals surface area (Å²) in [6.45, 7) is 2.25. The lowest BCUT2D eigenvalue weighted by Gasteiger charge is -2.20. The standard InChI is InChI=1S/C47H87O10P/c1-3-5-7-9-11-13-15-17-18-19-20-21-22-23-24-25-27-28-30-32-34-36-38-46(50)54-42-45(43-56-58(52,53)55-41-44(49)40-48)57-47(51)39-37-35-33-31-29-26-16-14-12-10-8-6-4-2/h6,8,12,14,26,29,44-45,48-49H,3-5,7,9-11,13,15-25,27-28,30-43H2,1-2H3,(H,52,53)/b8-6-,14-12-,29-26-. The molecule has 0 heterocycles. The van der Waals surface area contributed by atoms with Crippen LogP contribution in [-0.2, 0) is 32.7 Å². The summed E-state index contributed by atoms with van der Waals surface area (Å²) in [7, 11) is -4.62. The molecule has 11 heteroatoms. The minimum absolute atomic E-state index is 0.150. The number of esters is 2. The summed E-state index contributed by atoms with van der Waals surface area (Å²) in [6.07, 6.45) is 45.6. The third-order valence-electron chi connectivity index (χ3n) is 10.1. The minimum atomic E-state index is -4.62. The molecule has 0 spiro atoms. The fraction of sp³-hybridized carbons (Fsp3) is 0.830. The van der Waals surface area contributed by atoms with Crippen molar-refractivity contribution in [3.63, 3.8) is 0 Å². The van der Waals surface area contributed by atoms with Crippen LogP contribution in [0.5, 0.6) is 0 Å². The Bertz CT molecular complexity index is 1060. The molecule has 0 aliphatic rings. The molecule has 0 fully saturated rings. The van der Waals surface area contributed by atoms with Crippen LogP contribution in [0, 0.1) is 0 Å². The number of hydrogen-bond acceptors (Lipinski definition) is 9. The Morgan fingerprint density at radius 1 is 0.534 bits per heavy atom. The van der Waals surface area contributed by atoms with Gasteiger partial charge in [0, 0.05) is 12.8 Å². The molecule has 0 bridgehead atoms. The van der Waals surface area contributed by atoms with E-state index in [1.807, 2.05) is 0 Å². The predicted molar refractivity (Wildman–Crippen MR) is 238 cm³/mol. The number of hydrogen-bond donors (Lipinski definition) is 3. The number of carbonyl (C=O) groups excluding carboxylic acids is 2. The van der Waals surface area contributed by atoms with Crippen LogP contribution < -0.4 is 0 Å². The van der Waals surface area contributed by atoms with Crippen LogP contribution in [0.2, 0.25) is 0 Å². The van der Waals surface area contributed by atoms with Gasteiger partial charge in [-0.3, -0.25) is 18.6 Å². The molecule has 0 amide bonds. The molecule has 0 aromatic heterocycles. The first-order chi connectivity index (χ1) is 28.2. The van der Waals surface area contributed by atoms with E-state index < -0.39 is 51.8 Å². The molecule has 3 atom stereocenters. The van der Waals surface area contributed by atoms with Crippen molar-refractivity contribution in [2.45, 2.75) is 225 Å². The Balaban J connectivity index is 4.16. The monoisotopic (exact) mass is 843 g/mol.